The Labute approximate surface area is 133 Å². The lowest BCUT2D eigenvalue weighted by atomic mass is 9.91. The summed E-state index contributed by atoms with van der Waals surface area (Å²) in [5, 5.41) is 0.771. The third kappa shape index (κ3) is 5.03. The molecule has 0 spiro atoms. The molecule has 1 amide bonds. The molecule has 2 rings (SSSR count). The van der Waals surface area contributed by atoms with Crippen LogP contribution in [-0.4, -0.2) is 23.9 Å². The van der Waals surface area contributed by atoms with Crippen LogP contribution in [0.1, 0.15) is 57.9 Å². The highest BCUT2D eigenvalue weighted by atomic mass is 35.5. The summed E-state index contributed by atoms with van der Waals surface area (Å²) in [6.45, 7) is 8.12. The lowest BCUT2D eigenvalue weighted by Gasteiger charge is -2.28. The average Bonchev–Trinajstić information content (AvgIpc) is 2.63. The maximum absolute atomic E-state index is 12.5. The second-order valence-electron chi connectivity index (χ2n) is 7.32. The van der Waals surface area contributed by atoms with E-state index in [4.69, 9.17) is 11.6 Å². The van der Waals surface area contributed by atoms with Gasteiger partial charge in [-0.2, -0.15) is 0 Å². The van der Waals surface area contributed by atoms with E-state index in [0.29, 0.717) is 18.2 Å². The van der Waals surface area contributed by atoms with Crippen molar-refractivity contribution in [3.63, 3.8) is 0 Å². The lowest BCUT2D eigenvalue weighted by Crippen LogP contribution is -2.36. The highest BCUT2D eigenvalue weighted by Gasteiger charge is 2.26. The normalized spacial score (nSPS) is 20.2. The molecule has 21 heavy (non-hydrogen) atoms. The Morgan fingerprint density at radius 1 is 1.24 bits per heavy atom. The molecule has 2 nitrogen and oxygen atoms in total. The van der Waals surface area contributed by atoms with Crippen LogP contribution in [-0.2, 0) is 4.79 Å². The summed E-state index contributed by atoms with van der Waals surface area (Å²) in [6, 6.07) is 8.10. The van der Waals surface area contributed by atoms with Gasteiger partial charge in [0.15, 0.2) is 0 Å². The van der Waals surface area contributed by atoms with Crippen LogP contribution in [0.25, 0.3) is 0 Å². The Hall–Kier alpha value is -1.02. The Bertz CT molecular complexity index is 475. The van der Waals surface area contributed by atoms with E-state index in [9.17, 15) is 4.79 Å². The van der Waals surface area contributed by atoms with Crippen LogP contribution in [0.15, 0.2) is 24.3 Å². The molecule has 0 radical (unpaired) electrons. The van der Waals surface area contributed by atoms with E-state index < -0.39 is 0 Å². The van der Waals surface area contributed by atoms with Gasteiger partial charge >= 0.3 is 0 Å². The van der Waals surface area contributed by atoms with E-state index in [2.05, 4.69) is 37.8 Å². The van der Waals surface area contributed by atoms with Crippen molar-refractivity contribution in [2.75, 3.05) is 13.1 Å². The minimum Gasteiger partial charge on any atom is -0.342 e. The summed E-state index contributed by atoms with van der Waals surface area (Å²) in [5.74, 6) is 0.733. The number of hydrogen-bond acceptors (Lipinski definition) is 1. The third-order valence-corrected chi connectivity index (χ3v) is 4.30. The largest absolute Gasteiger partial charge is 0.342 e. The topological polar surface area (TPSA) is 20.3 Å². The fourth-order valence-corrected chi connectivity index (χ4v) is 3.07. The minimum atomic E-state index is 0.0547. The number of benzene rings is 1. The first-order chi connectivity index (χ1) is 9.85. The van der Waals surface area contributed by atoms with Gasteiger partial charge in [-0.05, 0) is 36.0 Å². The average molecular weight is 308 g/mol. The monoisotopic (exact) mass is 307 g/mol. The van der Waals surface area contributed by atoms with Gasteiger partial charge in [-0.3, -0.25) is 4.79 Å². The molecule has 0 aliphatic carbocycles. The Morgan fingerprint density at radius 3 is 2.52 bits per heavy atom. The van der Waals surface area contributed by atoms with Crippen LogP contribution in [0.4, 0.5) is 0 Å². The molecule has 1 heterocycles. The van der Waals surface area contributed by atoms with E-state index in [1.165, 1.54) is 12.0 Å². The van der Waals surface area contributed by atoms with Gasteiger partial charge in [0.1, 0.15) is 0 Å². The maximum Gasteiger partial charge on any atom is 0.223 e. The van der Waals surface area contributed by atoms with Crippen LogP contribution in [0.3, 0.4) is 0 Å². The van der Waals surface area contributed by atoms with Crippen molar-refractivity contribution in [2.45, 2.75) is 52.4 Å². The van der Waals surface area contributed by atoms with Crippen molar-refractivity contribution >= 4 is 17.5 Å². The number of nitrogens with zero attached hydrogens (tertiary/aromatic N) is 1. The molecular weight excluding hydrogens is 282 g/mol. The third-order valence-electron chi connectivity index (χ3n) is 4.05. The van der Waals surface area contributed by atoms with Crippen molar-refractivity contribution in [3.8, 4) is 0 Å². The van der Waals surface area contributed by atoms with Crippen molar-refractivity contribution in [1.29, 1.82) is 0 Å². The minimum absolute atomic E-state index is 0.0547. The number of halogens is 1. The Balaban J connectivity index is 2.07. The van der Waals surface area contributed by atoms with E-state index in [1.54, 1.807) is 0 Å². The molecule has 1 aliphatic heterocycles. The molecule has 1 unspecified atom stereocenters. The molecule has 1 atom stereocenters. The molecule has 3 heteroatoms. The van der Waals surface area contributed by atoms with Crippen LogP contribution in [0.5, 0.6) is 0 Å². The smallest absolute Gasteiger partial charge is 0.223 e. The quantitative estimate of drug-likeness (QED) is 0.763. The summed E-state index contributed by atoms with van der Waals surface area (Å²) in [5.41, 5.74) is 1.36. The summed E-state index contributed by atoms with van der Waals surface area (Å²) >= 11 is 5.97. The maximum atomic E-state index is 12.5. The van der Waals surface area contributed by atoms with Crippen molar-refractivity contribution in [2.24, 2.45) is 5.41 Å². The molecule has 1 aromatic carbocycles. The van der Waals surface area contributed by atoms with E-state index in [0.717, 1.165) is 31.0 Å². The predicted molar refractivity (Wildman–Crippen MR) is 88.7 cm³/mol. The summed E-state index contributed by atoms with van der Waals surface area (Å²) in [6.07, 6.45) is 4.08. The molecule has 1 saturated heterocycles. The standard InChI is InChI=1S/C18H26ClNO/c1-18(2,3)12-17(21)20-11-5-4-6-15(13-20)14-7-9-16(19)10-8-14/h7-10,15H,4-6,11-13H2,1-3H3. The van der Waals surface area contributed by atoms with Gasteiger partial charge in [0.2, 0.25) is 5.91 Å². The first-order valence-electron chi connectivity index (χ1n) is 7.88. The van der Waals surface area contributed by atoms with Crippen molar-refractivity contribution < 1.29 is 4.79 Å². The second kappa shape index (κ2) is 6.83. The van der Waals surface area contributed by atoms with Gasteiger partial charge in [-0.25, -0.2) is 0 Å². The number of hydrogen-bond donors (Lipinski definition) is 0. The predicted octanol–water partition coefficient (Wildman–Crippen LogP) is 4.87. The number of amides is 1. The Kier molecular flexibility index (Phi) is 5.32. The highest BCUT2D eigenvalue weighted by Crippen LogP contribution is 2.29. The fourth-order valence-electron chi connectivity index (χ4n) is 2.94. The molecule has 1 fully saturated rings. The summed E-state index contributed by atoms with van der Waals surface area (Å²) in [4.78, 5) is 14.6. The number of carbonyl (C=O) groups is 1. The van der Waals surface area contributed by atoms with Crippen molar-refractivity contribution in [1.82, 2.24) is 4.90 Å². The molecule has 1 aliphatic rings. The van der Waals surface area contributed by atoms with Crippen LogP contribution >= 0.6 is 11.6 Å². The highest BCUT2D eigenvalue weighted by molar-refractivity contribution is 6.30. The SMILES string of the molecule is CC(C)(C)CC(=O)N1CCCCC(c2ccc(Cl)cc2)C1. The van der Waals surface area contributed by atoms with Gasteiger partial charge in [0, 0.05) is 30.5 Å². The van der Waals surface area contributed by atoms with Gasteiger partial charge in [-0.1, -0.05) is 50.9 Å². The zero-order chi connectivity index (χ0) is 15.5. The molecule has 1 aromatic rings. The summed E-state index contributed by atoms with van der Waals surface area (Å²) in [7, 11) is 0. The van der Waals surface area contributed by atoms with Crippen LogP contribution in [0, 0.1) is 5.41 Å². The van der Waals surface area contributed by atoms with Gasteiger partial charge in [0.25, 0.3) is 0 Å². The van der Waals surface area contributed by atoms with Crippen molar-refractivity contribution in [3.05, 3.63) is 34.9 Å². The zero-order valence-corrected chi connectivity index (χ0v) is 14.1. The van der Waals surface area contributed by atoms with Gasteiger partial charge < -0.3 is 4.90 Å². The summed E-state index contributed by atoms with van der Waals surface area (Å²) < 4.78 is 0. The zero-order valence-electron chi connectivity index (χ0n) is 13.4. The number of carbonyl (C=O) groups excluding carboxylic acids is 1. The second-order valence-corrected chi connectivity index (χ2v) is 7.76. The molecular formula is C18H26ClNO. The van der Waals surface area contributed by atoms with Gasteiger partial charge in [0.05, 0.1) is 0 Å². The number of likely N-dealkylation sites (tertiary alicyclic amines) is 1. The molecule has 0 saturated carbocycles. The van der Waals surface area contributed by atoms with Crippen LogP contribution in [0.2, 0.25) is 5.02 Å². The first kappa shape index (κ1) is 16.4. The first-order valence-corrected chi connectivity index (χ1v) is 8.26. The van der Waals surface area contributed by atoms with Gasteiger partial charge in [-0.15, -0.1) is 0 Å². The molecule has 0 bridgehead atoms. The molecule has 116 valence electrons. The molecule has 0 N–H and O–H groups in total. The fraction of sp³-hybridized carbons (Fsp3) is 0.611. The lowest BCUT2D eigenvalue weighted by molar-refractivity contribution is -0.133. The Morgan fingerprint density at radius 2 is 1.90 bits per heavy atom. The van der Waals surface area contributed by atoms with Crippen LogP contribution < -0.4 is 0 Å². The van der Waals surface area contributed by atoms with E-state index >= 15 is 0 Å². The number of rotatable bonds is 2. The van der Waals surface area contributed by atoms with E-state index in [-0.39, 0.29) is 5.41 Å². The molecule has 0 aromatic heterocycles. The van der Waals surface area contributed by atoms with E-state index in [1.807, 2.05) is 12.1 Å².